The van der Waals surface area contributed by atoms with Gasteiger partial charge in [-0.05, 0) is 5.56 Å². The molecule has 6 heteroatoms. The van der Waals surface area contributed by atoms with Gasteiger partial charge in [-0.2, -0.15) is 0 Å². The van der Waals surface area contributed by atoms with Gasteiger partial charge in [0.2, 0.25) is 0 Å². The first-order valence-corrected chi connectivity index (χ1v) is 7.59. The van der Waals surface area contributed by atoms with Crippen molar-refractivity contribution in [3.05, 3.63) is 46.7 Å². The Kier molecular flexibility index (Phi) is 5.54. The number of hydrogen-bond acceptors (Lipinski definition) is 6. The van der Waals surface area contributed by atoms with E-state index in [0.717, 1.165) is 17.2 Å². The first-order chi connectivity index (χ1) is 11.1. The molecule has 5 nitrogen and oxygen atoms in total. The topological polar surface area (TPSA) is 61.8 Å². The van der Waals surface area contributed by atoms with Crippen LogP contribution in [-0.2, 0) is 19.1 Å². The largest absolute Gasteiger partial charge is 0.495 e. The maximum absolute atomic E-state index is 12.1. The summed E-state index contributed by atoms with van der Waals surface area (Å²) in [6.07, 6.45) is 1.13. The fourth-order valence-electron chi connectivity index (χ4n) is 2.07. The highest BCUT2D eigenvalue weighted by Crippen LogP contribution is 2.42. The Hall–Kier alpha value is -2.60. The van der Waals surface area contributed by atoms with Crippen molar-refractivity contribution in [3.63, 3.8) is 0 Å². The highest BCUT2D eigenvalue weighted by molar-refractivity contribution is 7.12. The van der Waals surface area contributed by atoms with E-state index < -0.39 is 11.9 Å². The van der Waals surface area contributed by atoms with Crippen LogP contribution in [0.4, 0.5) is 0 Å². The lowest BCUT2D eigenvalue weighted by atomic mass is 10.0. The second-order valence-electron chi connectivity index (χ2n) is 4.45. The summed E-state index contributed by atoms with van der Waals surface area (Å²) in [5.74, 6) is -0.621. The van der Waals surface area contributed by atoms with Crippen molar-refractivity contribution < 1.29 is 23.8 Å². The average Bonchev–Trinajstić information content (AvgIpc) is 3.03. The molecule has 1 heterocycles. The number of methoxy groups -OCH3 is 3. The van der Waals surface area contributed by atoms with E-state index in [1.165, 1.54) is 25.6 Å². The van der Waals surface area contributed by atoms with Gasteiger partial charge in [0, 0.05) is 17.0 Å². The van der Waals surface area contributed by atoms with Gasteiger partial charge >= 0.3 is 11.9 Å². The number of hydrogen-bond donors (Lipinski definition) is 0. The molecule has 0 fully saturated rings. The summed E-state index contributed by atoms with van der Waals surface area (Å²) >= 11 is 1.30. The number of benzene rings is 1. The Morgan fingerprint density at radius 3 is 2.30 bits per heavy atom. The van der Waals surface area contributed by atoms with E-state index in [2.05, 4.69) is 4.74 Å². The van der Waals surface area contributed by atoms with Gasteiger partial charge in [0.25, 0.3) is 0 Å². The predicted octanol–water partition coefficient (Wildman–Crippen LogP) is 3.15. The molecule has 0 saturated heterocycles. The molecule has 0 N–H and O–H groups in total. The van der Waals surface area contributed by atoms with Crippen molar-refractivity contribution >= 4 is 28.8 Å². The molecule has 0 amide bonds. The van der Waals surface area contributed by atoms with Crippen LogP contribution in [-0.4, -0.2) is 33.3 Å². The Morgan fingerprint density at radius 2 is 1.74 bits per heavy atom. The molecule has 0 unspecified atom stereocenters. The van der Waals surface area contributed by atoms with E-state index in [-0.39, 0.29) is 5.57 Å². The summed E-state index contributed by atoms with van der Waals surface area (Å²) in [6.45, 7) is 0. The molecule has 1 aromatic heterocycles. The number of esters is 2. The van der Waals surface area contributed by atoms with E-state index in [0.29, 0.717) is 10.6 Å². The molecule has 0 aliphatic carbocycles. The maximum atomic E-state index is 12.1. The Balaban J connectivity index is 2.65. The second kappa shape index (κ2) is 7.60. The molecule has 0 aliphatic heterocycles. The molecule has 120 valence electrons. The van der Waals surface area contributed by atoms with Crippen molar-refractivity contribution in [2.75, 3.05) is 21.3 Å². The Morgan fingerprint density at radius 1 is 1.04 bits per heavy atom. The van der Waals surface area contributed by atoms with Crippen LogP contribution in [0, 0.1) is 0 Å². The predicted molar refractivity (Wildman–Crippen MR) is 88.3 cm³/mol. The molecule has 0 spiro atoms. The van der Waals surface area contributed by atoms with E-state index >= 15 is 0 Å². The minimum absolute atomic E-state index is 0.131. The lowest BCUT2D eigenvalue weighted by molar-refractivity contribution is -0.136. The number of ether oxygens (including phenoxy) is 3. The van der Waals surface area contributed by atoms with Gasteiger partial charge < -0.3 is 14.2 Å². The molecule has 0 aliphatic rings. The number of rotatable bonds is 5. The standard InChI is InChI=1S/C17H16O5S/c1-20-13-10-23-16(15(13)11-7-5-4-6-8-11)12(17(19)22-3)9-14(18)21-2/h4-10H,1-3H3/b12-9-. The van der Waals surface area contributed by atoms with Gasteiger partial charge in [-0.3, -0.25) is 0 Å². The Bertz CT molecular complexity index is 731. The molecular formula is C17H16O5S. The van der Waals surface area contributed by atoms with Crippen LogP contribution < -0.4 is 4.74 Å². The molecule has 0 bridgehead atoms. The summed E-state index contributed by atoms with van der Waals surface area (Å²) in [5, 5.41) is 1.78. The highest BCUT2D eigenvalue weighted by Gasteiger charge is 2.23. The second-order valence-corrected chi connectivity index (χ2v) is 5.33. The summed E-state index contributed by atoms with van der Waals surface area (Å²) in [5.41, 5.74) is 1.74. The van der Waals surface area contributed by atoms with Gasteiger partial charge in [-0.25, -0.2) is 9.59 Å². The molecule has 1 aromatic carbocycles. The third-order valence-electron chi connectivity index (χ3n) is 3.15. The van der Waals surface area contributed by atoms with Crippen molar-refractivity contribution in [2.24, 2.45) is 0 Å². The number of carbonyl (C=O) groups is 2. The van der Waals surface area contributed by atoms with Crippen LogP contribution in [0.25, 0.3) is 16.7 Å². The van der Waals surface area contributed by atoms with Crippen LogP contribution in [0.5, 0.6) is 5.75 Å². The monoisotopic (exact) mass is 332 g/mol. The smallest absolute Gasteiger partial charge is 0.339 e. The van der Waals surface area contributed by atoms with E-state index in [1.807, 2.05) is 30.3 Å². The van der Waals surface area contributed by atoms with Crippen LogP contribution in [0.3, 0.4) is 0 Å². The van der Waals surface area contributed by atoms with Crippen LogP contribution in [0.15, 0.2) is 41.8 Å². The van der Waals surface area contributed by atoms with Crippen LogP contribution in [0.2, 0.25) is 0 Å². The van der Waals surface area contributed by atoms with Crippen LogP contribution in [0.1, 0.15) is 4.88 Å². The number of carbonyl (C=O) groups excluding carboxylic acids is 2. The van der Waals surface area contributed by atoms with Crippen molar-refractivity contribution in [2.45, 2.75) is 0 Å². The van der Waals surface area contributed by atoms with Gasteiger partial charge in [0.1, 0.15) is 5.75 Å². The molecule has 2 aromatic rings. The molecule has 0 atom stereocenters. The molecule has 0 saturated carbocycles. The van der Waals surface area contributed by atoms with Crippen LogP contribution >= 0.6 is 11.3 Å². The maximum Gasteiger partial charge on any atom is 0.339 e. The summed E-state index contributed by atoms with van der Waals surface area (Å²) in [6, 6.07) is 9.48. The zero-order valence-electron chi connectivity index (χ0n) is 13.0. The minimum Gasteiger partial charge on any atom is -0.495 e. The summed E-state index contributed by atoms with van der Waals surface area (Å²) in [4.78, 5) is 24.3. The molecule has 0 radical (unpaired) electrons. The zero-order chi connectivity index (χ0) is 16.8. The lowest BCUT2D eigenvalue weighted by Gasteiger charge is -2.09. The summed E-state index contributed by atoms with van der Waals surface area (Å²) < 4.78 is 14.8. The first-order valence-electron chi connectivity index (χ1n) is 6.71. The van der Waals surface area contributed by atoms with E-state index in [9.17, 15) is 9.59 Å². The average molecular weight is 332 g/mol. The molecule has 2 rings (SSSR count). The van der Waals surface area contributed by atoms with Crippen molar-refractivity contribution in [1.82, 2.24) is 0 Å². The third-order valence-corrected chi connectivity index (χ3v) is 4.14. The van der Waals surface area contributed by atoms with Crippen molar-refractivity contribution in [3.8, 4) is 16.9 Å². The normalized spacial score (nSPS) is 11.0. The SMILES string of the molecule is COC(=O)/C=C(\C(=O)OC)c1scc(OC)c1-c1ccccc1. The van der Waals surface area contributed by atoms with Gasteiger partial charge in [-0.1, -0.05) is 30.3 Å². The van der Waals surface area contributed by atoms with E-state index in [1.54, 1.807) is 12.5 Å². The minimum atomic E-state index is -0.628. The zero-order valence-corrected chi connectivity index (χ0v) is 13.8. The van der Waals surface area contributed by atoms with Gasteiger partial charge in [0.05, 0.1) is 31.8 Å². The molecule has 23 heavy (non-hydrogen) atoms. The van der Waals surface area contributed by atoms with E-state index in [4.69, 9.17) is 9.47 Å². The Labute approximate surface area is 138 Å². The number of thiophene rings is 1. The first kappa shape index (κ1) is 16.8. The quantitative estimate of drug-likeness (QED) is 0.622. The van der Waals surface area contributed by atoms with Gasteiger partial charge in [0.15, 0.2) is 0 Å². The lowest BCUT2D eigenvalue weighted by Crippen LogP contribution is -2.07. The fraction of sp³-hybridized carbons (Fsp3) is 0.176. The summed E-state index contributed by atoms with van der Waals surface area (Å²) in [7, 11) is 4.07. The molecular weight excluding hydrogens is 316 g/mol. The van der Waals surface area contributed by atoms with Gasteiger partial charge in [-0.15, -0.1) is 11.3 Å². The fourth-order valence-corrected chi connectivity index (χ4v) is 3.12. The van der Waals surface area contributed by atoms with Crippen molar-refractivity contribution in [1.29, 1.82) is 0 Å². The highest BCUT2D eigenvalue weighted by atomic mass is 32.1. The third kappa shape index (κ3) is 3.60.